The molecule has 0 saturated heterocycles. The molecular formula is C11H17Cl. The minimum absolute atomic E-state index is 0.364. The topological polar surface area (TPSA) is 0 Å². The van der Waals surface area contributed by atoms with E-state index in [2.05, 4.69) is 19.1 Å². The van der Waals surface area contributed by atoms with Crippen LogP contribution < -0.4 is 0 Å². The minimum Gasteiger partial charge on any atom is -0.123 e. The van der Waals surface area contributed by atoms with Crippen LogP contribution in [0.3, 0.4) is 0 Å². The van der Waals surface area contributed by atoms with Gasteiger partial charge in [-0.1, -0.05) is 12.2 Å². The zero-order chi connectivity index (χ0) is 8.55. The van der Waals surface area contributed by atoms with E-state index in [1.165, 1.54) is 25.7 Å². The summed E-state index contributed by atoms with van der Waals surface area (Å²) in [7, 11) is 0. The van der Waals surface area contributed by atoms with Crippen molar-refractivity contribution in [2.45, 2.75) is 38.0 Å². The molecule has 0 aromatic heterocycles. The Bertz CT molecular complexity index is 183. The fourth-order valence-electron chi connectivity index (χ4n) is 2.74. The zero-order valence-corrected chi connectivity index (χ0v) is 8.43. The fourth-order valence-corrected chi connectivity index (χ4v) is 2.97. The van der Waals surface area contributed by atoms with Crippen molar-refractivity contribution in [2.24, 2.45) is 17.8 Å². The number of alkyl halides is 1. The van der Waals surface area contributed by atoms with E-state index in [1.807, 2.05) is 0 Å². The van der Waals surface area contributed by atoms with Gasteiger partial charge in [0, 0.05) is 5.38 Å². The third-order valence-corrected chi connectivity index (χ3v) is 3.52. The molecule has 3 rings (SSSR count). The Balaban J connectivity index is 1.97. The molecule has 0 spiro atoms. The van der Waals surface area contributed by atoms with Crippen molar-refractivity contribution in [1.29, 1.82) is 0 Å². The molecule has 0 amide bonds. The van der Waals surface area contributed by atoms with Crippen molar-refractivity contribution in [3.8, 4) is 0 Å². The summed E-state index contributed by atoms with van der Waals surface area (Å²) in [4.78, 5) is 0. The van der Waals surface area contributed by atoms with Gasteiger partial charge < -0.3 is 0 Å². The highest BCUT2D eigenvalue weighted by Gasteiger charge is 2.31. The van der Waals surface area contributed by atoms with Gasteiger partial charge in [-0.25, -0.2) is 0 Å². The summed E-state index contributed by atoms with van der Waals surface area (Å²) in [6, 6.07) is 0. The molecule has 0 radical (unpaired) electrons. The van der Waals surface area contributed by atoms with E-state index in [-0.39, 0.29) is 0 Å². The van der Waals surface area contributed by atoms with Crippen molar-refractivity contribution in [3.05, 3.63) is 12.2 Å². The van der Waals surface area contributed by atoms with Gasteiger partial charge >= 0.3 is 0 Å². The molecule has 0 aromatic rings. The van der Waals surface area contributed by atoms with Gasteiger partial charge in [-0.2, -0.15) is 0 Å². The number of hydrogen-bond donors (Lipinski definition) is 0. The average molecular weight is 185 g/mol. The highest BCUT2D eigenvalue weighted by atomic mass is 35.5. The Labute approximate surface area is 80.0 Å². The van der Waals surface area contributed by atoms with Gasteiger partial charge in [-0.3, -0.25) is 0 Å². The van der Waals surface area contributed by atoms with Crippen LogP contribution >= 0.6 is 11.6 Å². The van der Waals surface area contributed by atoms with Crippen molar-refractivity contribution in [1.82, 2.24) is 0 Å². The Morgan fingerprint density at radius 1 is 1.42 bits per heavy atom. The van der Waals surface area contributed by atoms with Crippen molar-refractivity contribution < 1.29 is 0 Å². The van der Waals surface area contributed by atoms with Crippen molar-refractivity contribution in [3.63, 3.8) is 0 Å². The first-order valence-electron chi connectivity index (χ1n) is 5.08. The molecule has 0 nitrogen and oxygen atoms in total. The third-order valence-electron chi connectivity index (χ3n) is 3.34. The molecule has 1 heteroatoms. The molecular weight excluding hydrogens is 168 g/mol. The molecule has 3 aliphatic carbocycles. The zero-order valence-electron chi connectivity index (χ0n) is 7.67. The lowest BCUT2D eigenvalue weighted by atomic mass is 9.68. The van der Waals surface area contributed by atoms with Gasteiger partial charge in [0.1, 0.15) is 0 Å². The summed E-state index contributed by atoms with van der Waals surface area (Å²) < 4.78 is 0. The molecule has 4 atom stereocenters. The van der Waals surface area contributed by atoms with Crippen LogP contribution in [-0.2, 0) is 0 Å². The number of halogens is 1. The van der Waals surface area contributed by atoms with E-state index in [4.69, 9.17) is 11.6 Å². The quantitative estimate of drug-likeness (QED) is 0.455. The van der Waals surface area contributed by atoms with Crippen molar-refractivity contribution >= 4 is 11.6 Å². The predicted octanol–water partition coefficient (Wildman–Crippen LogP) is 3.61. The number of fused-ring (bicyclic) bond motifs is 2. The first kappa shape index (κ1) is 8.62. The Morgan fingerprint density at radius 3 is 2.67 bits per heavy atom. The van der Waals surface area contributed by atoms with Crippen LogP contribution in [-0.4, -0.2) is 5.38 Å². The largest absolute Gasteiger partial charge is 0.123 e. The monoisotopic (exact) mass is 184 g/mol. The second-order valence-corrected chi connectivity index (χ2v) is 5.14. The molecule has 0 heterocycles. The van der Waals surface area contributed by atoms with Gasteiger partial charge in [0.15, 0.2) is 0 Å². The summed E-state index contributed by atoms with van der Waals surface area (Å²) in [6.07, 6.45) is 10.3. The number of hydrogen-bond acceptors (Lipinski definition) is 0. The van der Waals surface area contributed by atoms with Gasteiger partial charge in [0.05, 0.1) is 0 Å². The predicted molar refractivity (Wildman–Crippen MR) is 53.4 cm³/mol. The van der Waals surface area contributed by atoms with Crippen LogP contribution in [0.25, 0.3) is 0 Å². The molecule has 0 N–H and O–H groups in total. The van der Waals surface area contributed by atoms with E-state index in [0.29, 0.717) is 5.38 Å². The van der Waals surface area contributed by atoms with Crippen molar-refractivity contribution in [2.75, 3.05) is 0 Å². The summed E-state index contributed by atoms with van der Waals surface area (Å²) in [5.74, 6) is 2.63. The van der Waals surface area contributed by atoms with Crippen LogP contribution in [0.2, 0.25) is 0 Å². The first-order chi connectivity index (χ1) is 5.75. The van der Waals surface area contributed by atoms with E-state index >= 15 is 0 Å². The molecule has 4 unspecified atom stereocenters. The maximum Gasteiger partial charge on any atom is 0.0310 e. The molecule has 68 valence electrons. The SMILES string of the molecule is CC(Cl)CC1CC2C=CC1CC2. The highest BCUT2D eigenvalue weighted by molar-refractivity contribution is 6.20. The summed E-state index contributed by atoms with van der Waals surface area (Å²) in [5, 5.41) is 0.364. The summed E-state index contributed by atoms with van der Waals surface area (Å²) in [5.41, 5.74) is 0. The van der Waals surface area contributed by atoms with Crippen LogP contribution in [0.1, 0.15) is 32.6 Å². The molecule has 1 fully saturated rings. The lowest BCUT2D eigenvalue weighted by molar-refractivity contribution is 0.209. The highest BCUT2D eigenvalue weighted by Crippen LogP contribution is 2.42. The lowest BCUT2D eigenvalue weighted by Gasteiger charge is -2.38. The molecule has 12 heavy (non-hydrogen) atoms. The Hall–Kier alpha value is 0.0300. The first-order valence-corrected chi connectivity index (χ1v) is 5.51. The van der Waals surface area contributed by atoms with Crippen LogP contribution in [0.5, 0.6) is 0 Å². The number of rotatable bonds is 2. The van der Waals surface area contributed by atoms with Gasteiger partial charge in [-0.05, 0) is 50.4 Å². The van der Waals surface area contributed by atoms with E-state index < -0.39 is 0 Å². The minimum atomic E-state index is 0.364. The van der Waals surface area contributed by atoms with Crippen LogP contribution in [0.15, 0.2) is 12.2 Å². The molecule has 3 aliphatic rings. The van der Waals surface area contributed by atoms with Crippen LogP contribution in [0.4, 0.5) is 0 Å². The molecule has 0 aromatic carbocycles. The Morgan fingerprint density at radius 2 is 2.25 bits per heavy atom. The maximum absolute atomic E-state index is 6.02. The lowest BCUT2D eigenvalue weighted by Crippen LogP contribution is -2.28. The second-order valence-electron chi connectivity index (χ2n) is 4.40. The second kappa shape index (κ2) is 3.41. The average Bonchev–Trinajstić information content (AvgIpc) is 2.05. The summed E-state index contributed by atoms with van der Waals surface area (Å²) >= 11 is 6.02. The van der Waals surface area contributed by atoms with E-state index in [0.717, 1.165) is 17.8 Å². The van der Waals surface area contributed by atoms with Gasteiger partial charge in [0.25, 0.3) is 0 Å². The standard InChI is InChI=1S/C11H17Cl/c1-8(12)6-11-7-9-2-4-10(11)5-3-9/h2,4,8-11H,3,5-7H2,1H3. The van der Waals surface area contributed by atoms with Crippen LogP contribution in [0, 0.1) is 17.8 Å². The smallest absolute Gasteiger partial charge is 0.0310 e. The van der Waals surface area contributed by atoms with E-state index in [1.54, 1.807) is 0 Å². The molecule has 1 saturated carbocycles. The molecule has 0 aliphatic heterocycles. The number of allylic oxidation sites excluding steroid dienone is 2. The maximum atomic E-state index is 6.02. The summed E-state index contributed by atoms with van der Waals surface area (Å²) in [6.45, 7) is 2.12. The Kier molecular flexibility index (Phi) is 2.45. The third kappa shape index (κ3) is 1.69. The fraction of sp³-hybridized carbons (Fsp3) is 0.818. The molecule has 2 bridgehead atoms. The van der Waals surface area contributed by atoms with E-state index in [9.17, 15) is 0 Å². The van der Waals surface area contributed by atoms with Gasteiger partial charge in [0.2, 0.25) is 0 Å². The normalized spacial score (nSPS) is 41.7. The van der Waals surface area contributed by atoms with Gasteiger partial charge in [-0.15, -0.1) is 11.6 Å².